The Kier molecular flexibility index (Phi) is 4.44. The zero-order valence-electron chi connectivity index (χ0n) is 12.1. The van der Waals surface area contributed by atoms with Crippen LogP contribution in [0.3, 0.4) is 0 Å². The molecular formula is C18H17ClFNO. The van der Waals surface area contributed by atoms with Crippen molar-refractivity contribution in [3.05, 3.63) is 70.5 Å². The van der Waals surface area contributed by atoms with Crippen LogP contribution in [0, 0.1) is 5.82 Å². The first-order valence-corrected chi connectivity index (χ1v) is 7.82. The Bertz CT molecular complexity index is 688. The van der Waals surface area contributed by atoms with Crippen LogP contribution in [0.15, 0.2) is 48.5 Å². The lowest BCUT2D eigenvalue weighted by atomic mass is 10.0. The first kappa shape index (κ1) is 15.0. The summed E-state index contributed by atoms with van der Waals surface area (Å²) in [5, 5.41) is 0.595. The molecule has 22 heavy (non-hydrogen) atoms. The van der Waals surface area contributed by atoms with Gasteiger partial charge in [0, 0.05) is 17.1 Å². The van der Waals surface area contributed by atoms with Crippen LogP contribution in [0.25, 0.3) is 0 Å². The maximum atomic E-state index is 14.0. The van der Waals surface area contributed by atoms with Gasteiger partial charge in [-0.3, -0.25) is 4.79 Å². The molecule has 1 saturated heterocycles. The molecule has 1 heterocycles. The Morgan fingerprint density at radius 1 is 1.18 bits per heavy atom. The zero-order valence-corrected chi connectivity index (χ0v) is 12.9. The molecule has 114 valence electrons. The van der Waals surface area contributed by atoms with Gasteiger partial charge in [0.1, 0.15) is 5.82 Å². The van der Waals surface area contributed by atoms with Crippen molar-refractivity contribution in [2.45, 2.75) is 25.3 Å². The fraction of sp³-hybridized carbons (Fsp3) is 0.278. The predicted molar refractivity (Wildman–Crippen MR) is 85.2 cm³/mol. The van der Waals surface area contributed by atoms with Gasteiger partial charge in [0.25, 0.3) is 0 Å². The van der Waals surface area contributed by atoms with Crippen LogP contribution in [-0.2, 0) is 11.2 Å². The van der Waals surface area contributed by atoms with E-state index >= 15 is 0 Å². The minimum Gasteiger partial charge on any atom is -0.335 e. The number of rotatable bonds is 3. The minimum absolute atomic E-state index is 0.00106. The summed E-state index contributed by atoms with van der Waals surface area (Å²) in [6, 6.07) is 13.9. The highest BCUT2D eigenvalue weighted by Crippen LogP contribution is 2.34. The van der Waals surface area contributed by atoms with Crippen LogP contribution in [0.2, 0.25) is 5.02 Å². The number of halogens is 2. The van der Waals surface area contributed by atoms with E-state index < -0.39 is 0 Å². The molecule has 1 atom stereocenters. The average molecular weight is 318 g/mol. The Labute approximate surface area is 134 Å². The van der Waals surface area contributed by atoms with Gasteiger partial charge in [0.2, 0.25) is 5.91 Å². The molecule has 3 rings (SSSR count). The molecule has 1 amide bonds. The molecule has 0 spiro atoms. The fourth-order valence-corrected chi connectivity index (χ4v) is 3.24. The second-order valence-corrected chi connectivity index (χ2v) is 5.94. The normalized spacial score (nSPS) is 17.7. The summed E-state index contributed by atoms with van der Waals surface area (Å²) in [6.45, 7) is 0.669. The molecular weight excluding hydrogens is 301 g/mol. The van der Waals surface area contributed by atoms with E-state index in [2.05, 4.69) is 0 Å². The number of carbonyl (C=O) groups is 1. The highest BCUT2D eigenvalue weighted by molar-refractivity contribution is 6.31. The molecule has 2 nitrogen and oxygen atoms in total. The van der Waals surface area contributed by atoms with Gasteiger partial charge in [-0.1, -0.05) is 48.0 Å². The molecule has 1 aliphatic heterocycles. The lowest BCUT2D eigenvalue weighted by Gasteiger charge is -2.25. The fourth-order valence-electron chi connectivity index (χ4n) is 3.04. The van der Waals surface area contributed by atoms with E-state index in [1.807, 2.05) is 24.3 Å². The molecule has 1 fully saturated rings. The molecule has 0 N–H and O–H groups in total. The van der Waals surface area contributed by atoms with Crippen molar-refractivity contribution >= 4 is 17.5 Å². The van der Waals surface area contributed by atoms with Crippen molar-refractivity contribution in [1.82, 2.24) is 4.90 Å². The van der Waals surface area contributed by atoms with Crippen LogP contribution in [0.5, 0.6) is 0 Å². The standard InChI is InChI=1S/C18H17ClFNO/c19-15-8-3-1-6-13(15)12-18(22)21-11-5-10-17(21)14-7-2-4-9-16(14)20/h1-4,6-9,17H,5,10-12H2. The molecule has 4 heteroatoms. The number of hydrogen-bond acceptors (Lipinski definition) is 1. The molecule has 0 bridgehead atoms. The largest absolute Gasteiger partial charge is 0.335 e. The van der Waals surface area contributed by atoms with E-state index in [0.717, 1.165) is 18.4 Å². The van der Waals surface area contributed by atoms with Crippen molar-refractivity contribution in [3.63, 3.8) is 0 Å². The summed E-state index contributed by atoms with van der Waals surface area (Å²) in [7, 11) is 0. The molecule has 2 aromatic rings. The lowest BCUT2D eigenvalue weighted by molar-refractivity contribution is -0.131. The van der Waals surface area contributed by atoms with Crippen LogP contribution in [0.4, 0.5) is 4.39 Å². The SMILES string of the molecule is O=C(Cc1ccccc1Cl)N1CCCC1c1ccccc1F. The van der Waals surface area contributed by atoms with Crippen LogP contribution < -0.4 is 0 Å². The van der Waals surface area contributed by atoms with Gasteiger partial charge in [-0.25, -0.2) is 4.39 Å². The smallest absolute Gasteiger partial charge is 0.227 e. The Hall–Kier alpha value is -1.87. The van der Waals surface area contributed by atoms with Crippen molar-refractivity contribution < 1.29 is 9.18 Å². The Balaban J connectivity index is 1.80. The highest BCUT2D eigenvalue weighted by atomic mass is 35.5. The second kappa shape index (κ2) is 6.49. The van der Waals surface area contributed by atoms with Gasteiger partial charge in [0.15, 0.2) is 0 Å². The molecule has 1 aliphatic rings. The number of amides is 1. The van der Waals surface area contributed by atoms with Gasteiger partial charge in [-0.2, -0.15) is 0 Å². The topological polar surface area (TPSA) is 20.3 Å². The first-order chi connectivity index (χ1) is 10.7. The molecule has 2 aromatic carbocycles. The summed E-state index contributed by atoms with van der Waals surface area (Å²) in [5.74, 6) is -0.246. The van der Waals surface area contributed by atoms with Gasteiger partial charge >= 0.3 is 0 Å². The van der Waals surface area contributed by atoms with E-state index in [9.17, 15) is 9.18 Å². The Morgan fingerprint density at radius 3 is 2.68 bits per heavy atom. The average Bonchev–Trinajstić information content (AvgIpc) is 2.99. The van der Waals surface area contributed by atoms with E-state index in [1.165, 1.54) is 6.07 Å². The summed E-state index contributed by atoms with van der Waals surface area (Å²) >= 11 is 6.12. The van der Waals surface area contributed by atoms with Crippen molar-refractivity contribution in [1.29, 1.82) is 0 Å². The monoisotopic (exact) mass is 317 g/mol. The Morgan fingerprint density at radius 2 is 1.91 bits per heavy atom. The summed E-state index contributed by atoms with van der Waals surface area (Å²) in [5.41, 5.74) is 1.42. The van der Waals surface area contributed by atoms with E-state index in [1.54, 1.807) is 23.1 Å². The third-order valence-corrected chi connectivity index (χ3v) is 4.51. The zero-order chi connectivity index (χ0) is 15.5. The maximum absolute atomic E-state index is 14.0. The third kappa shape index (κ3) is 3.00. The number of likely N-dealkylation sites (tertiary alicyclic amines) is 1. The first-order valence-electron chi connectivity index (χ1n) is 7.44. The predicted octanol–water partition coefficient (Wildman–Crippen LogP) is 4.39. The summed E-state index contributed by atoms with van der Waals surface area (Å²) in [4.78, 5) is 14.4. The van der Waals surface area contributed by atoms with E-state index in [4.69, 9.17) is 11.6 Å². The van der Waals surface area contributed by atoms with Crippen LogP contribution >= 0.6 is 11.6 Å². The number of nitrogens with zero attached hydrogens (tertiary/aromatic N) is 1. The molecule has 0 radical (unpaired) electrons. The van der Waals surface area contributed by atoms with Crippen molar-refractivity contribution in [3.8, 4) is 0 Å². The lowest BCUT2D eigenvalue weighted by Crippen LogP contribution is -2.32. The van der Waals surface area contributed by atoms with E-state index in [-0.39, 0.29) is 24.2 Å². The van der Waals surface area contributed by atoms with E-state index in [0.29, 0.717) is 17.1 Å². The molecule has 0 aromatic heterocycles. The summed E-state index contributed by atoms with van der Waals surface area (Å²) in [6.07, 6.45) is 1.95. The second-order valence-electron chi connectivity index (χ2n) is 5.53. The van der Waals surface area contributed by atoms with Gasteiger partial charge in [0.05, 0.1) is 12.5 Å². The van der Waals surface area contributed by atoms with Gasteiger partial charge in [-0.05, 0) is 30.5 Å². The maximum Gasteiger partial charge on any atom is 0.227 e. The quantitative estimate of drug-likeness (QED) is 0.822. The molecule has 0 aliphatic carbocycles. The third-order valence-electron chi connectivity index (χ3n) is 4.14. The van der Waals surface area contributed by atoms with Crippen LogP contribution in [-0.4, -0.2) is 17.4 Å². The van der Waals surface area contributed by atoms with Crippen molar-refractivity contribution in [2.24, 2.45) is 0 Å². The number of benzene rings is 2. The number of hydrogen-bond donors (Lipinski definition) is 0. The van der Waals surface area contributed by atoms with Crippen LogP contribution in [0.1, 0.15) is 30.0 Å². The van der Waals surface area contributed by atoms with Crippen molar-refractivity contribution in [2.75, 3.05) is 6.54 Å². The number of carbonyl (C=O) groups excluding carboxylic acids is 1. The van der Waals surface area contributed by atoms with Gasteiger partial charge < -0.3 is 4.90 Å². The highest BCUT2D eigenvalue weighted by Gasteiger charge is 2.31. The molecule has 1 unspecified atom stereocenters. The minimum atomic E-state index is -0.245. The summed E-state index contributed by atoms with van der Waals surface area (Å²) < 4.78 is 14.0. The van der Waals surface area contributed by atoms with Gasteiger partial charge in [-0.15, -0.1) is 0 Å². The molecule has 0 saturated carbocycles.